The second-order valence-electron chi connectivity index (χ2n) is 6.78. The Hall–Kier alpha value is -3.10. The minimum absolute atomic E-state index is 0.0389. The zero-order chi connectivity index (χ0) is 21.8. The van der Waals surface area contributed by atoms with E-state index in [9.17, 15) is 14.7 Å². The van der Waals surface area contributed by atoms with Crippen LogP contribution in [0.2, 0.25) is 0 Å². The molecule has 0 radical (unpaired) electrons. The van der Waals surface area contributed by atoms with Gasteiger partial charge in [-0.25, -0.2) is 0 Å². The van der Waals surface area contributed by atoms with E-state index in [2.05, 4.69) is 10.6 Å². The van der Waals surface area contributed by atoms with Crippen molar-refractivity contribution in [3.63, 3.8) is 0 Å². The summed E-state index contributed by atoms with van der Waals surface area (Å²) in [6, 6.07) is 14.2. The molecule has 2 aromatic rings. The lowest BCUT2D eigenvalue weighted by Crippen LogP contribution is -2.33. The highest BCUT2D eigenvalue weighted by molar-refractivity contribution is 5.92. The van der Waals surface area contributed by atoms with Crippen molar-refractivity contribution in [2.24, 2.45) is 5.73 Å². The monoisotopic (exact) mass is 415 g/mol. The van der Waals surface area contributed by atoms with Crippen LogP contribution >= 0.6 is 0 Å². The molecule has 0 saturated heterocycles. The second kappa shape index (κ2) is 12.5. The van der Waals surface area contributed by atoms with Crippen molar-refractivity contribution in [3.05, 3.63) is 59.7 Å². The Morgan fingerprint density at radius 1 is 1.00 bits per heavy atom. The van der Waals surface area contributed by atoms with Gasteiger partial charge in [0.15, 0.2) is 0 Å². The molecule has 2 amide bonds. The highest BCUT2D eigenvalue weighted by Crippen LogP contribution is 2.13. The molecule has 0 bridgehead atoms. The van der Waals surface area contributed by atoms with E-state index in [1.165, 1.54) is 6.92 Å². The number of amides is 2. The summed E-state index contributed by atoms with van der Waals surface area (Å²) in [6.07, 6.45) is 0.100. The van der Waals surface area contributed by atoms with Crippen molar-refractivity contribution in [2.75, 3.05) is 32.8 Å². The van der Waals surface area contributed by atoms with Gasteiger partial charge in [-0.1, -0.05) is 12.1 Å². The Labute approximate surface area is 176 Å². The second-order valence-corrected chi connectivity index (χ2v) is 6.78. The number of hydrogen-bond acceptors (Lipinski definition) is 6. The molecule has 0 saturated carbocycles. The van der Waals surface area contributed by atoms with E-state index in [1.807, 2.05) is 24.3 Å². The number of nitrogens with one attached hydrogen (secondary N) is 2. The van der Waals surface area contributed by atoms with Gasteiger partial charge in [-0.05, 0) is 48.4 Å². The number of carbonyl (C=O) groups is 2. The van der Waals surface area contributed by atoms with Crippen LogP contribution in [0.1, 0.15) is 22.8 Å². The van der Waals surface area contributed by atoms with Crippen LogP contribution in [0.25, 0.3) is 0 Å². The van der Waals surface area contributed by atoms with Crippen LogP contribution in [-0.4, -0.2) is 55.9 Å². The van der Waals surface area contributed by atoms with Crippen molar-refractivity contribution in [2.45, 2.75) is 19.4 Å². The number of ether oxygens (including phenoxy) is 2. The zero-order valence-corrected chi connectivity index (χ0v) is 17.1. The summed E-state index contributed by atoms with van der Waals surface area (Å²) in [4.78, 5) is 21.9. The van der Waals surface area contributed by atoms with Gasteiger partial charge < -0.3 is 30.9 Å². The molecule has 0 aliphatic heterocycles. The summed E-state index contributed by atoms with van der Waals surface area (Å²) >= 11 is 0. The van der Waals surface area contributed by atoms with Gasteiger partial charge in [-0.3, -0.25) is 9.59 Å². The highest BCUT2D eigenvalue weighted by Gasteiger charge is 2.06. The van der Waals surface area contributed by atoms with E-state index in [1.54, 1.807) is 24.3 Å². The SMILES string of the molecule is CC(=O)NCCc1ccc(OCC(O)CNCCOc2ccc(C(N)=O)cc2)cc1. The van der Waals surface area contributed by atoms with Gasteiger partial charge >= 0.3 is 0 Å². The van der Waals surface area contributed by atoms with Gasteiger partial charge in [0.1, 0.15) is 30.8 Å². The summed E-state index contributed by atoms with van der Waals surface area (Å²) in [6.45, 7) is 3.62. The number of aliphatic hydroxyl groups is 1. The van der Waals surface area contributed by atoms with E-state index in [-0.39, 0.29) is 12.5 Å². The Morgan fingerprint density at radius 2 is 1.63 bits per heavy atom. The molecule has 162 valence electrons. The normalized spacial score (nSPS) is 11.5. The van der Waals surface area contributed by atoms with Crippen LogP contribution in [0, 0.1) is 0 Å². The number of benzene rings is 2. The number of hydrogen-bond donors (Lipinski definition) is 4. The van der Waals surface area contributed by atoms with Gasteiger partial charge in [-0.2, -0.15) is 0 Å². The maximum Gasteiger partial charge on any atom is 0.248 e. The maximum atomic E-state index is 11.0. The summed E-state index contributed by atoms with van der Waals surface area (Å²) in [7, 11) is 0. The topological polar surface area (TPSA) is 123 Å². The van der Waals surface area contributed by atoms with E-state index in [4.69, 9.17) is 15.2 Å². The Balaban J connectivity index is 1.57. The lowest BCUT2D eigenvalue weighted by atomic mass is 10.1. The molecule has 30 heavy (non-hydrogen) atoms. The van der Waals surface area contributed by atoms with Crippen molar-refractivity contribution in [1.29, 1.82) is 0 Å². The average molecular weight is 415 g/mol. The Bertz CT molecular complexity index is 793. The lowest BCUT2D eigenvalue weighted by Gasteiger charge is -2.14. The molecule has 0 aromatic heterocycles. The third kappa shape index (κ3) is 8.93. The average Bonchev–Trinajstić information content (AvgIpc) is 2.73. The quantitative estimate of drug-likeness (QED) is 0.360. The van der Waals surface area contributed by atoms with Crippen LogP contribution in [0.3, 0.4) is 0 Å². The van der Waals surface area contributed by atoms with Gasteiger partial charge in [0.05, 0.1) is 0 Å². The van der Waals surface area contributed by atoms with Crippen LogP contribution in [-0.2, 0) is 11.2 Å². The van der Waals surface area contributed by atoms with E-state index in [0.29, 0.717) is 43.3 Å². The molecule has 1 atom stereocenters. The number of nitrogens with two attached hydrogens (primary N) is 1. The largest absolute Gasteiger partial charge is 0.492 e. The predicted molar refractivity (Wildman–Crippen MR) is 114 cm³/mol. The number of rotatable bonds is 13. The standard InChI is InChI=1S/C22H29N3O5/c1-16(26)25-11-10-17-2-6-21(7-3-17)30-15-19(27)14-24-12-13-29-20-8-4-18(5-9-20)22(23)28/h2-9,19,24,27H,10-15H2,1H3,(H2,23,28)(H,25,26). The van der Waals surface area contributed by atoms with Crippen molar-refractivity contribution in [3.8, 4) is 11.5 Å². The molecule has 0 heterocycles. The van der Waals surface area contributed by atoms with E-state index in [0.717, 1.165) is 12.0 Å². The van der Waals surface area contributed by atoms with Crippen molar-refractivity contribution >= 4 is 11.8 Å². The first-order valence-corrected chi connectivity index (χ1v) is 9.81. The minimum Gasteiger partial charge on any atom is -0.492 e. The first kappa shape index (κ1) is 23.2. The van der Waals surface area contributed by atoms with Crippen LogP contribution in [0.5, 0.6) is 11.5 Å². The molecule has 0 fully saturated rings. The third-order valence-corrected chi connectivity index (χ3v) is 4.22. The molecule has 0 spiro atoms. The van der Waals surface area contributed by atoms with Crippen molar-refractivity contribution < 1.29 is 24.2 Å². The summed E-state index contributed by atoms with van der Waals surface area (Å²) < 4.78 is 11.1. The van der Waals surface area contributed by atoms with E-state index < -0.39 is 12.0 Å². The first-order chi connectivity index (χ1) is 14.4. The number of aliphatic hydroxyl groups excluding tert-OH is 1. The molecule has 2 rings (SSSR count). The minimum atomic E-state index is -0.653. The first-order valence-electron chi connectivity index (χ1n) is 9.81. The van der Waals surface area contributed by atoms with Gasteiger partial charge in [0, 0.05) is 32.1 Å². The number of carbonyl (C=O) groups excluding carboxylic acids is 2. The molecule has 8 nitrogen and oxygen atoms in total. The van der Waals surface area contributed by atoms with Crippen molar-refractivity contribution in [1.82, 2.24) is 10.6 Å². The van der Waals surface area contributed by atoms with Crippen LogP contribution in [0.15, 0.2) is 48.5 Å². The summed E-state index contributed by atoms with van der Waals surface area (Å²) in [5, 5.41) is 15.9. The molecule has 5 N–H and O–H groups in total. The molecule has 2 aromatic carbocycles. The molecular formula is C22H29N3O5. The molecule has 1 unspecified atom stereocenters. The zero-order valence-electron chi connectivity index (χ0n) is 17.1. The number of primary amides is 1. The predicted octanol–water partition coefficient (Wildman–Crippen LogP) is 0.872. The summed E-state index contributed by atoms with van der Waals surface area (Å²) in [5.41, 5.74) is 6.72. The van der Waals surface area contributed by atoms with Crippen LogP contribution < -0.4 is 25.8 Å². The van der Waals surface area contributed by atoms with Crippen LogP contribution in [0.4, 0.5) is 0 Å². The third-order valence-electron chi connectivity index (χ3n) is 4.22. The maximum absolute atomic E-state index is 11.0. The fraction of sp³-hybridized carbons (Fsp3) is 0.364. The Morgan fingerprint density at radius 3 is 2.27 bits per heavy atom. The fourth-order valence-corrected chi connectivity index (χ4v) is 2.61. The molecule has 0 aliphatic rings. The van der Waals surface area contributed by atoms with Gasteiger partial charge in [0.25, 0.3) is 0 Å². The molecule has 0 aliphatic carbocycles. The highest BCUT2D eigenvalue weighted by atomic mass is 16.5. The lowest BCUT2D eigenvalue weighted by molar-refractivity contribution is -0.118. The van der Waals surface area contributed by atoms with E-state index >= 15 is 0 Å². The fourth-order valence-electron chi connectivity index (χ4n) is 2.61. The Kier molecular flexibility index (Phi) is 9.63. The smallest absolute Gasteiger partial charge is 0.248 e. The molecular weight excluding hydrogens is 386 g/mol. The van der Waals surface area contributed by atoms with Gasteiger partial charge in [0.2, 0.25) is 11.8 Å². The van der Waals surface area contributed by atoms with Gasteiger partial charge in [-0.15, -0.1) is 0 Å². The summed E-state index contributed by atoms with van der Waals surface area (Å²) in [5.74, 6) is 0.812. The molecule has 8 heteroatoms.